The van der Waals surface area contributed by atoms with E-state index in [1.165, 1.54) is 0 Å². The van der Waals surface area contributed by atoms with Crippen molar-refractivity contribution in [3.63, 3.8) is 0 Å². The Morgan fingerprint density at radius 1 is 1.24 bits per heavy atom. The van der Waals surface area contributed by atoms with Crippen molar-refractivity contribution in [3.8, 4) is 0 Å². The third kappa shape index (κ3) is 4.14. The summed E-state index contributed by atoms with van der Waals surface area (Å²) >= 11 is 3.47. The summed E-state index contributed by atoms with van der Waals surface area (Å²) in [6.07, 6.45) is 3.38. The molecule has 1 aromatic heterocycles. The quantitative estimate of drug-likeness (QED) is 0.828. The van der Waals surface area contributed by atoms with Crippen molar-refractivity contribution in [2.75, 3.05) is 51.2 Å². The molecule has 1 aromatic rings. The molecule has 0 aliphatic heterocycles. The van der Waals surface area contributed by atoms with Crippen LogP contribution < -0.4 is 10.6 Å². The zero-order valence-corrected chi connectivity index (χ0v) is 11.7. The molecule has 2 N–H and O–H groups in total. The van der Waals surface area contributed by atoms with E-state index in [2.05, 4.69) is 25.8 Å². The second-order valence-corrected chi connectivity index (χ2v) is 4.39. The van der Waals surface area contributed by atoms with Gasteiger partial charge in [-0.15, -0.1) is 0 Å². The zero-order valence-electron chi connectivity index (χ0n) is 10.1. The van der Waals surface area contributed by atoms with Crippen LogP contribution in [-0.2, 0) is 9.47 Å². The third-order valence-electron chi connectivity index (χ3n) is 2.35. The zero-order chi connectivity index (χ0) is 12.7. The molecule has 0 bridgehead atoms. The van der Waals surface area contributed by atoms with Crippen LogP contribution in [0, 0.1) is 0 Å². The van der Waals surface area contributed by atoms with E-state index in [0.29, 0.717) is 18.9 Å². The molecular formula is C11H18BrN3O2. The number of hydrogen-bond acceptors (Lipinski definition) is 5. The van der Waals surface area contributed by atoms with Crippen LogP contribution in [0.1, 0.15) is 0 Å². The molecule has 0 saturated heterocycles. The fourth-order valence-corrected chi connectivity index (χ4v) is 2.11. The van der Waals surface area contributed by atoms with Crippen molar-refractivity contribution in [1.29, 1.82) is 0 Å². The van der Waals surface area contributed by atoms with Gasteiger partial charge in [-0.25, -0.2) is 0 Å². The van der Waals surface area contributed by atoms with Crippen LogP contribution in [0.4, 0.5) is 11.4 Å². The Hall–Kier alpha value is -0.850. The first-order chi connectivity index (χ1) is 8.20. The van der Waals surface area contributed by atoms with E-state index in [1.807, 2.05) is 0 Å². The molecule has 0 spiro atoms. The molecule has 5 nitrogen and oxygen atoms in total. The van der Waals surface area contributed by atoms with Gasteiger partial charge in [0.25, 0.3) is 0 Å². The van der Waals surface area contributed by atoms with Gasteiger partial charge in [-0.2, -0.15) is 0 Å². The van der Waals surface area contributed by atoms with Crippen LogP contribution in [0.5, 0.6) is 0 Å². The Kier molecular flexibility index (Phi) is 6.25. The van der Waals surface area contributed by atoms with Crippen LogP contribution in [0.3, 0.4) is 0 Å². The molecular weight excluding hydrogens is 286 g/mol. The number of pyridine rings is 1. The van der Waals surface area contributed by atoms with E-state index in [0.717, 1.165) is 23.2 Å². The summed E-state index contributed by atoms with van der Waals surface area (Å²) in [5, 5.41) is 0. The summed E-state index contributed by atoms with van der Waals surface area (Å²) in [5.41, 5.74) is 7.53. The number of hydrogen-bond donors (Lipinski definition) is 1. The first kappa shape index (κ1) is 14.2. The smallest absolute Gasteiger partial charge is 0.0777 e. The van der Waals surface area contributed by atoms with E-state index in [4.69, 9.17) is 15.2 Å². The minimum atomic E-state index is 0.637. The van der Waals surface area contributed by atoms with Crippen LogP contribution in [-0.4, -0.2) is 45.5 Å². The van der Waals surface area contributed by atoms with Crippen molar-refractivity contribution in [1.82, 2.24) is 4.98 Å². The Balaban J connectivity index is 2.86. The highest BCUT2D eigenvalue weighted by molar-refractivity contribution is 9.10. The molecule has 0 aliphatic rings. The summed E-state index contributed by atoms with van der Waals surface area (Å²) in [6, 6.07) is 0. The maximum Gasteiger partial charge on any atom is 0.0777 e. The van der Waals surface area contributed by atoms with E-state index >= 15 is 0 Å². The van der Waals surface area contributed by atoms with Crippen molar-refractivity contribution in [2.24, 2.45) is 0 Å². The number of ether oxygens (including phenoxy) is 2. The molecule has 96 valence electrons. The number of nitrogens with zero attached hydrogens (tertiary/aromatic N) is 2. The number of nitrogen functional groups attached to an aromatic ring is 1. The monoisotopic (exact) mass is 303 g/mol. The lowest BCUT2D eigenvalue weighted by molar-refractivity contribution is 0.190. The highest BCUT2D eigenvalue weighted by Crippen LogP contribution is 2.30. The normalized spacial score (nSPS) is 10.5. The van der Waals surface area contributed by atoms with Gasteiger partial charge in [0.2, 0.25) is 0 Å². The third-order valence-corrected chi connectivity index (χ3v) is 2.93. The largest absolute Gasteiger partial charge is 0.396 e. The second kappa shape index (κ2) is 7.47. The summed E-state index contributed by atoms with van der Waals surface area (Å²) in [5.74, 6) is 0. The topological polar surface area (TPSA) is 60.6 Å². The van der Waals surface area contributed by atoms with Gasteiger partial charge >= 0.3 is 0 Å². The first-order valence-corrected chi connectivity index (χ1v) is 6.11. The van der Waals surface area contributed by atoms with E-state index in [9.17, 15) is 0 Å². The minimum Gasteiger partial charge on any atom is -0.396 e. The molecule has 1 rings (SSSR count). The average molecular weight is 304 g/mol. The molecule has 17 heavy (non-hydrogen) atoms. The lowest BCUT2D eigenvalue weighted by Crippen LogP contribution is -2.31. The maximum absolute atomic E-state index is 5.95. The van der Waals surface area contributed by atoms with E-state index < -0.39 is 0 Å². The number of rotatable bonds is 7. The number of aromatic nitrogens is 1. The summed E-state index contributed by atoms with van der Waals surface area (Å²) in [4.78, 5) is 6.15. The van der Waals surface area contributed by atoms with Gasteiger partial charge in [0.15, 0.2) is 0 Å². The van der Waals surface area contributed by atoms with Crippen LogP contribution >= 0.6 is 15.9 Å². The van der Waals surface area contributed by atoms with Crippen LogP contribution in [0.15, 0.2) is 16.9 Å². The first-order valence-electron chi connectivity index (χ1n) is 5.32. The van der Waals surface area contributed by atoms with E-state index in [1.54, 1.807) is 26.6 Å². The van der Waals surface area contributed by atoms with Gasteiger partial charge in [-0.3, -0.25) is 4.98 Å². The van der Waals surface area contributed by atoms with Gasteiger partial charge in [0, 0.05) is 33.5 Å². The summed E-state index contributed by atoms with van der Waals surface area (Å²) < 4.78 is 11.1. The van der Waals surface area contributed by atoms with Crippen molar-refractivity contribution in [3.05, 3.63) is 16.9 Å². The Bertz CT molecular complexity index is 321. The van der Waals surface area contributed by atoms with Gasteiger partial charge in [-0.1, -0.05) is 0 Å². The van der Waals surface area contributed by atoms with Crippen molar-refractivity contribution < 1.29 is 9.47 Å². The van der Waals surface area contributed by atoms with Crippen molar-refractivity contribution in [2.45, 2.75) is 0 Å². The summed E-state index contributed by atoms with van der Waals surface area (Å²) in [6.45, 7) is 2.79. The molecule has 6 heteroatoms. The standard InChI is InChI=1S/C11H18BrN3O2/c1-16-5-3-15(4-6-17-2)11-9(12)7-14-8-10(11)13/h7-8H,3-6,13H2,1-2H3. The fraction of sp³-hybridized carbons (Fsp3) is 0.545. The molecule has 0 unspecified atom stereocenters. The molecule has 0 saturated carbocycles. The SMILES string of the molecule is COCCN(CCOC)c1c(N)cncc1Br. The molecule has 0 aromatic carbocycles. The van der Waals surface area contributed by atoms with Gasteiger partial charge in [0.05, 0.1) is 35.3 Å². The van der Waals surface area contributed by atoms with Gasteiger partial charge < -0.3 is 20.1 Å². The highest BCUT2D eigenvalue weighted by atomic mass is 79.9. The number of halogens is 1. The second-order valence-electron chi connectivity index (χ2n) is 3.53. The maximum atomic E-state index is 5.95. The van der Waals surface area contributed by atoms with E-state index in [-0.39, 0.29) is 0 Å². The van der Waals surface area contributed by atoms with Gasteiger partial charge in [0.1, 0.15) is 0 Å². The Labute approximate surface area is 110 Å². The Morgan fingerprint density at radius 2 is 1.82 bits per heavy atom. The lowest BCUT2D eigenvalue weighted by Gasteiger charge is -2.26. The number of anilines is 2. The summed E-state index contributed by atoms with van der Waals surface area (Å²) in [7, 11) is 3.36. The molecule has 0 aliphatic carbocycles. The molecule has 1 heterocycles. The molecule has 0 atom stereocenters. The van der Waals surface area contributed by atoms with Crippen molar-refractivity contribution >= 4 is 27.3 Å². The lowest BCUT2D eigenvalue weighted by atomic mass is 10.3. The van der Waals surface area contributed by atoms with Gasteiger partial charge in [-0.05, 0) is 15.9 Å². The highest BCUT2D eigenvalue weighted by Gasteiger charge is 2.13. The average Bonchev–Trinajstić information content (AvgIpc) is 2.31. The molecule has 0 amide bonds. The molecule has 0 fully saturated rings. The van der Waals surface area contributed by atoms with Crippen LogP contribution in [0.25, 0.3) is 0 Å². The fourth-order valence-electron chi connectivity index (χ4n) is 1.52. The molecule has 0 radical (unpaired) electrons. The van der Waals surface area contributed by atoms with Crippen LogP contribution in [0.2, 0.25) is 0 Å². The minimum absolute atomic E-state index is 0.637. The number of methoxy groups -OCH3 is 2. The predicted octanol–water partition coefficient (Wildman–Crippen LogP) is 1.53. The number of nitrogens with two attached hydrogens (primary N) is 1. The predicted molar refractivity (Wildman–Crippen MR) is 72.3 cm³/mol. The Morgan fingerprint density at radius 3 is 2.29 bits per heavy atom.